The molecular formula is C18H21ClN2O. The fourth-order valence-electron chi connectivity index (χ4n) is 2.38. The molecule has 0 aliphatic heterocycles. The van der Waals surface area contributed by atoms with Crippen LogP contribution in [0, 0.1) is 13.8 Å². The third-order valence-electron chi connectivity index (χ3n) is 3.71. The summed E-state index contributed by atoms with van der Waals surface area (Å²) in [6.07, 6.45) is 0. The normalized spacial score (nSPS) is 11.1. The first-order valence-electron chi connectivity index (χ1n) is 7.21. The molecule has 22 heavy (non-hydrogen) atoms. The van der Waals surface area contributed by atoms with E-state index in [4.69, 9.17) is 11.6 Å². The molecule has 0 radical (unpaired) electrons. The van der Waals surface area contributed by atoms with Crippen LogP contribution < -0.4 is 10.6 Å². The lowest BCUT2D eigenvalue weighted by Gasteiger charge is -2.27. The number of benzene rings is 2. The van der Waals surface area contributed by atoms with E-state index in [1.165, 1.54) is 0 Å². The summed E-state index contributed by atoms with van der Waals surface area (Å²) in [6, 6.07) is 13.2. The summed E-state index contributed by atoms with van der Waals surface area (Å²) in [5.74, 6) is 0. The van der Waals surface area contributed by atoms with Crippen LogP contribution in [0.15, 0.2) is 42.5 Å². The van der Waals surface area contributed by atoms with E-state index >= 15 is 0 Å². The number of amides is 2. The standard InChI is InChI=1S/C18H21ClN2O/c1-12-6-5-7-13(2)16(12)20-17(22)21-18(3,4)14-8-10-15(19)11-9-14/h5-11H,1-4H3,(H2,20,21,22). The van der Waals surface area contributed by atoms with Crippen molar-refractivity contribution in [2.75, 3.05) is 5.32 Å². The number of halogens is 1. The summed E-state index contributed by atoms with van der Waals surface area (Å²) in [5, 5.41) is 6.62. The van der Waals surface area contributed by atoms with Crippen LogP contribution in [0.5, 0.6) is 0 Å². The molecule has 0 fully saturated rings. The fraction of sp³-hybridized carbons (Fsp3) is 0.278. The van der Waals surface area contributed by atoms with E-state index in [9.17, 15) is 4.79 Å². The van der Waals surface area contributed by atoms with E-state index in [-0.39, 0.29) is 6.03 Å². The number of urea groups is 1. The third-order valence-corrected chi connectivity index (χ3v) is 3.96. The van der Waals surface area contributed by atoms with Crippen LogP contribution >= 0.6 is 11.6 Å². The molecule has 4 heteroatoms. The molecule has 0 unspecified atom stereocenters. The van der Waals surface area contributed by atoms with Gasteiger partial charge in [-0.3, -0.25) is 0 Å². The van der Waals surface area contributed by atoms with Gasteiger partial charge >= 0.3 is 6.03 Å². The number of rotatable bonds is 3. The van der Waals surface area contributed by atoms with Gasteiger partial charge in [-0.25, -0.2) is 4.79 Å². The lowest BCUT2D eigenvalue weighted by Crippen LogP contribution is -2.43. The summed E-state index contributed by atoms with van der Waals surface area (Å²) in [6.45, 7) is 7.88. The van der Waals surface area contributed by atoms with Gasteiger partial charge in [0.2, 0.25) is 0 Å². The number of para-hydroxylation sites is 1. The quantitative estimate of drug-likeness (QED) is 0.820. The molecule has 0 aliphatic rings. The zero-order valence-electron chi connectivity index (χ0n) is 13.3. The van der Waals surface area contributed by atoms with Crippen molar-refractivity contribution in [2.45, 2.75) is 33.2 Å². The first-order chi connectivity index (χ1) is 10.3. The lowest BCUT2D eigenvalue weighted by atomic mass is 9.94. The van der Waals surface area contributed by atoms with Gasteiger partial charge in [0.05, 0.1) is 5.54 Å². The maximum Gasteiger partial charge on any atom is 0.319 e. The Kier molecular flexibility index (Phi) is 4.77. The van der Waals surface area contributed by atoms with E-state index in [0.717, 1.165) is 22.4 Å². The van der Waals surface area contributed by atoms with Crippen molar-refractivity contribution in [3.8, 4) is 0 Å². The van der Waals surface area contributed by atoms with E-state index in [2.05, 4.69) is 10.6 Å². The van der Waals surface area contributed by atoms with Crippen molar-refractivity contribution in [3.63, 3.8) is 0 Å². The molecule has 0 saturated heterocycles. The van der Waals surface area contributed by atoms with Gasteiger partial charge in [0.25, 0.3) is 0 Å². The molecule has 0 aromatic heterocycles. The number of hydrogen-bond acceptors (Lipinski definition) is 1. The minimum atomic E-state index is -0.495. The number of hydrogen-bond donors (Lipinski definition) is 2. The Bertz CT molecular complexity index is 658. The lowest BCUT2D eigenvalue weighted by molar-refractivity contribution is 0.242. The Labute approximate surface area is 136 Å². The highest BCUT2D eigenvalue weighted by atomic mass is 35.5. The highest BCUT2D eigenvalue weighted by Crippen LogP contribution is 2.23. The first kappa shape index (κ1) is 16.4. The molecule has 116 valence electrons. The van der Waals surface area contributed by atoms with Crippen molar-refractivity contribution in [2.24, 2.45) is 0 Å². The summed E-state index contributed by atoms with van der Waals surface area (Å²) >= 11 is 5.91. The zero-order valence-corrected chi connectivity index (χ0v) is 14.1. The second-order valence-corrected chi connectivity index (χ2v) is 6.41. The molecule has 0 heterocycles. The Morgan fingerprint density at radius 3 is 2.09 bits per heavy atom. The van der Waals surface area contributed by atoms with Crippen LogP contribution in [-0.2, 0) is 5.54 Å². The molecule has 0 saturated carbocycles. The highest BCUT2D eigenvalue weighted by Gasteiger charge is 2.23. The monoisotopic (exact) mass is 316 g/mol. The topological polar surface area (TPSA) is 41.1 Å². The number of anilines is 1. The fourth-order valence-corrected chi connectivity index (χ4v) is 2.50. The summed E-state index contributed by atoms with van der Waals surface area (Å²) in [7, 11) is 0. The Hall–Kier alpha value is -2.00. The summed E-state index contributed by atoms with van der Waals surface area (Å²) in [5.41, 5.74) is 3.44. The summed E-state index contributed by atoms with van der Waals surface area (Å²) < 4.78 is 0. The van der Waals surface area contributed by atoms with Gasteiger partial charge in [-0.05, 0) is 56.5 Å². The van der Waals surface area contributed by atoms with Gasteiger partial charge in [0.15, 0.2) is 0 Å². The first-order valence-corrected chi connectivity index (χ1v) is 7.59. The predicted octanol–water partition coefficient (Wildman–Crippen LogP) is 5.01. The molecule has 2 rings (SSSR count). The largest absolute Gasteiger partial charge is 0.329 e. The zero-order chi connectivity index (χ0) is 16.3. The number of aryl methyl sites for hydroxylation is 2. The SMILES string of the molecule is Cc1cccc(C)c1NC(=O)NC(C)(C)c1ccc(Cl)cc1. The van der Waals surface area contributed by atoms with Gasteiger partial charge in [0.1, 0.15) is 0 Å². The number of carbonyl (C=O) groups is 1. The van der Waals surface area contributed by atoms with Crippen molar-refractivity contribution in [1.29, 1.82) is 0 Å². The highest BCUT2D eigenvalue weighted by molar-refractivity contribution is 6.30. The van der Waals surface area contributed by atoms with Crippen LogP contribution in [0.1, 0.15) is 30.5 Å². The third kappa shape index (κ3) is 3.80. The van der Waals surface area contributed by atoms with Gasteiger partial charge in [-0.1, -0.05) is 41.9 Å². The molecule has 3 nitrogen and oxygen atoms in total. The molecule has 2 aromatic carbocycles. The predicted molar refractivity (Wildman–Crippen MR) is 92.5 cm³/mol. The van der Waals surface area contributed by atoms with Crippen LogP contribution in [0.25, 0.3) is 0 Å². The van der Waals surface area contributed by atoms with Crippen LogP contribution in [0.2, 0.25) is 5.02 Å². The van der Waals surface area contributed by atoms with E-state index in [0.29, 0.717) is 5.02 Å². The number of nitrogens with one attached hydrogen (secondary N) is 2. The molecule has 2 N–H and O–H groups in total. The molecule has 2 amide bonds. The van der Waals surface area contributed by atoms with Crippen molar-refractivity contribution < 1.29 is 4.79 Å². The smallest absolute Gasteiger partial charge is 0.319 e. The van der Waals surface area contributed by atoms with E-state index in [1.54, 1.807) is 0 Å². The molecule has 0 spiro atoms. The molecule has 2 aromatic rings. The maximum atomic E-state index is 12.3. The molecule has 0 bridgehead atoms. The van der Waals surface area contributed by atoms with Crippen LogP contribution in [0.4, 0.5) is 10.5 Å². The minimum absolute atomic E-state index is 0.225. The van der Waals surface area contributed by atoms with Gasteiger partial charge < -0.3 is 10.6 Å². The van der Waals surface area contributed by atoms with Crippen molar-refractivity contribution in [3.05, 3.63) is 64.2 Å². The second kappa shape index (κ2) is 6.41. The average Bonchev–Trinajstić information content (AvgIpc) is 2.43. The molecule has 0 aliphatic carbocycles. The van der Waals surface area contributed by atoms with E-state index < -0.39 is 5.54 Å². The average molecular weight is 317 g/mol. The minimum Gasteiger partial charge on any atom is -0.329 e. The van der Waals surface area contributed by atoms with Gasteiger partial charge in [0, 0.05) is 10.7 Å². The van der Waals surface area contributed by atoms with Gasteiger partial charge in [-0.15, -0.1) is 0 Å². The number of carbonyl (C=O) groups excluding carboxylic acids is 1. The van der Waals surface area contributed by atoms with E-state index in [1.807, 2.05) is 70.2 Å². The van der Waals surface area contributed by atoms with Crippen molar-refractivity contribution >= 4 is 23.3 Å². The maximum absolute atomic E-state index is 12.3. The van der Waals surface area contributed by atoms with Crippen LogP contribution in [0.3, 0.4) is 0 Å². The Morgan fingerprint density at radius 2 is 1.55 bits per heavy atom. The van der Waals surface area contributed by atoms with Crippen LogP contribution in [-0.4, -0.2) is 6.03 Å². The Morgan fingerprint density at radius 1 is 1.00 bits per heavy atom. The van der Waals surface area contributed by atoms with Crippen molar-refractivity contribution in [1.82, 2.24) is 5.32 Å². The molecular weight excluding hydrogens is 296 g/mol. The summed E-state index contributed by atoms with van der Waals surface area (Å²) in [4.78, 5) is 12.3. The Balaban J connectivity index is 2.12. The van der Waals surface area contributed by atoms with Gasteiger partial charge in [-0.2, -0.15) is 0 Å². The second-order valence-electron chi connectivity index (χ2n) is 5.98. The molecule has 0 atom stereocenters.